The molecule has 1 aliphatic heterocycles. The lowest BCUT2D eigenvalue weighted by atomic mass is 9.79. The molecule has 2 heterocycles. The number of carbonyl (C=O) groups excluding carboxylic acids is 2. The number of aryl methyl sites for hydroxylation is 1. The van der Waals surface area contributed by atoms with Gasteiger partial charge in [0.25, 0.3) is 0 Å². The molecule has 1 fully saturated rings. The van der Waals surface area contributed by atoms with Crippen molar-refractivity contribution in [2.45, 2.75) is 64.6 Å². The third-order valence-corrected chi connectivity index (χ3v) is 3.86. The summed E-state index contributed by atoms with van der Waals surface area (Å²) in [5, 5.41) is 8.93. The highest BCUT2D eigenvalue weighted by atomic mass is 16.2. The molecule has 1 aromatic rings. The van der Waals surface area contributed by atoms with Gasteiger partial charge in [-0.2, -0.15) is 0 Å². The Morgan fingerprint density at radius 3 is 2.30 bits per heavy atom. The minimum atomic E-state index is -0.683. The van der Waals surface area contributed by atoms with Crippen molar-refractivity contribution in [3.05, 3.63) is 23.9 Å². The topological polar surface area (TPSA) is 83.1 Å². The van der Waals surface area contributed by atoms with Crippen LogP contribution in [0.4, 0.5) is 5.82 Å². The molecule has 1 aliphatic rings. The minimum absolute atomic E-state index is 0.0371. The fourth-order valence-electron chi connectivity index (χ4n) is 3.46. The van der Waals surface area contributed by atoms with Crippen molar-refractivity contribution in [2.75, 3.05) is 5.32 Å². The molecule has 23 heavy (non-hydrogen) atoms. The Morgan fingerprint density at radius 2 is 1.74 bits per heavy atom. The number of aromatic nitrogens is 1. The quantitative estimate of drug-likeness (QED) is 0.726. The van der Waals surface area contributed by atoms with Gasteiger partial charge < -0.3 is 16.0 Å². The van der Waals surface area contributed by atoms with Crippen LogP contribution in [0.1, 0.15) is 46.2 Å². The highest BCUT2D eigenvalue weighted by molar-refractivity contribution is 6.39. The first kappa shape index (κ1) is 17.4. The van der Waals surface area contributed by atoms with Gasteiger partial charge in [0.2, 0.25) is 0 Å². The van der Waals surface area contributed by atoms with Crippen LogP contribution in [0.15, 0.2) is 18.2 Å². The molecule has 6 nitrogen and oxygen atoms in total. The molecule has 0 spiro atoms. The molecule has 1 saturated heterocycles. The second-order valence-electron chi connectivity index (χ2n) is 7.59. The number of hydrogen-bond acceptors (Lipinski definition) is 4. The molecule has 2 rings (SSSR count). The molecule has 126 valence electrons. The number of carbonyl (C=O) groups is 2. The van der Waals surface area contributed by atoms with E-state index in [4.69, 9.17) is 0 Å². The summed E-state index contributed by atoms with van der Waals surface area (Å²) in [5.41, 5.74) is 0.604. The summed E-state index contributed by atoms with van der Waals surface area (Å²) >= 11 is 0. The van der Waals surface area contributed by atoms with Crippen LogP contribution in [-0.4, -0.2) is 33.9 Å². The number of pyridine rings is 1. The molecular weight excluding hydrogens is 292 g/mol. The van der Waals surface area contributed by atoms with Crippen LogP contribution in [0.25, 0.3) is 0 Å². The molecule has 3 N–H and O–H groups in total. The molecule has 0 radical (unpaired) electrons. The van der Waals surface area contributed by atoms with Crippen LogP contribution in [0, 0.1) is 6.92 Å². The third kappa shape index (κ3) is 5.03. The number of nitrogens with zero attached hydrogens (tertiary/aromatic N) is 1. The smallest absolute Gasteiger partial charge is 0.314 e. The predicted molar refractivity (Wildman–Crippen MR) is 90.1 cm³/mol. The number of rotatable bonds is 2. The molecular formula is C17H26N4O2. The van der Waals surface area contributed by atoms with Gasteiger partial charge in [-0.1, -0.05) is 6.07 Å². The minimum Gasteiger partial charge on any atom is -0.345 e. The lowest BCUT2D eigenvalue weighted by Crippen LogP contribution is -2.62. The van der Waals surface area contributed by atoms with Crippen molar-refractivity contribution in [2.24, 2.45) is 0 Å². The van der Waals surface area contributed by atoms with E-state index < -0.39 is 11.8 Å². The van der Waals surface area contributed by atoms with Crippen molar-refractivity contribution in [1.82, 2.24) is 15.6 Å². The largest absolute Gasteiger partial charge is 0.345 e. The zero-order valence-corrected chi connectivity index (χ0v) is 14.5. The van der Waals surface area contributed by atoms with Crippen LogP contribution in [0.2, 0.25) is 0 Å². The SMILES string of the molecule is Cc1cccc(NC(=O)C(=O)NC2CC(C)(C)NC(C)(C)C2)n1. The highest BCUT2D eigenvalue weighted by Gasteiger charge is 2.38. The molecule has 0 bridgehead atoms. The van der Waals surface area contributed by atoms with Gasteiger partial charge in [0, 0.05) is 22.8 Å². The van der Waals surface area contributed by atoms with Crippen molar-refractivity contribution in [3.8, 4) is 0 Å². The van der Waals surface area contributed by atoms with Crippen molar-refractivity contribution in [3.63, 3.8) is 0 Å². The lowest BCUT2D eigenvalue weighted by Gasteiger charge is -2.46. The van der Waals surface area contributed by atoms with E-state index in [0.29, 0.717) is 5.82 Å². The van der Waals surface area contributed by atoms with Gasteiger partial charge in [0.15, 0.2) is 0 Å². The Bertz CT molecular complexity index is 594. The van der Waals surface area contributed by atoms with E-state index in [9.17, 15) is 9.59 Å². The zero-order chi connectivity index (χ0) is 17.3. The monoisotopic (exact) mass is 318 g/mol. The van der Waals surface area contributed by atoms with Crippen LogP contribution in [-0.2, 0) is 9.59 Å². The summed E-state index contributed by atoms with van der Waals surface area (Å²) in [6.07, 6.45) is 1.55. The zero-order valence-electron chi connectivity index (χ0n) is 14.5. The first-order chi connectivity index (χ1) is 10.6. The van der Waals surface area contributed by atoms with E-state index in [-0.39, 0.29) is 17.1 Å². The normalized spacial score (nSPS) is 19.9. The molecule has 1 aromatic heterocycles. The summed E-state index contributed by atoms with van der Waals surface area (Å²) < 4.78 is 0. The van der Waals surface area contributed by atoms with Gasteiger partial charge in [-0.15, -0.1) is 0 Å². The molecule has 0 atom stereocenters. The standard InChI is InChI=1S/C17H26N4O2/c1-11-7-6-8-13(18-11)20-15(23)14(22)19-12-9-16(2,3)21-17(4,5)10-12/h6-8,12,21H,9-10H2,1-5H3,(H,19,22)(H,18,20,23). The molecule has 0 saturated carbocycles. The first-order valence-electron chi connectivity index (χ1n) is 7.91. The van der Waals surface area contributed by atoms with Crippen molar-refractivity contribution >= 4 is 17.6 Å². The Balaban J connectivity index is 1.97. The number of amides is 2. The first-order valence-corrected chi connectivity index (χ1v) is 7.91. The maximum absolute atomic E-state index is 12.2. The average Bonchev–Trinajstić information content (AvgIpc) is 2.34. The molecule has 2 amide bonds. The Morgan fingerprint density at radius 1 is 1.13 bits per heavy atom. The second-order valence-corrected chi connectivity index (χ2v) is 7.59. The van der Waals surface area contributed by atoms with Crippen LogP contribution in [0.3, 0.4) is 0 Å². The van der Waals surface area contributed by atoms with Crippen molar-refractivity contribution < 1.29 is 9.59 Å². The summed E-state index contributed by atoms with van der Waals surface area (Å²) in [6.45, 7) is 10.2. The van der Waals surface area contributed by atoms with Gasteiger partial charge in [0.05, 0.1) is 0 Å². The average molecular weight is 318 g/mol. The summed E-state index contributed by atoms with van der Waals surface area (Å²) in [5.74, 6) is -0.917. The van der Waals surface area contributed by atoms with Gasteiger partial charge in [0.1, 0.15) is 5.82 Å². The maximum atomic E-state index is 12.2. The van der Waals surface area contributed by atoms with Gasteiger partial charge >= 0.3 is 11.8 Å². The van der Waals surface area contributed by atoms with E-state index in [1.54, 1.807) is 12.1 Å². The highest BCUT2D eigenvalue weighted by Crippen LogP contribution is 2.28. The van der Waals surface area contributed by atoms with E-state index in [1.165, 1.54) is 0 Å². The Hall–Kier alpha value is -1.95. The third-order valence-electron chi connectivity index (χ3n) is 3.86. The van der Waals surface area contributed by atoms with E-state index in [0.717, 1.165) is 18.5 Å². The fourth-order valence-corrected chi connectivity index (χ4v) is 3.46. The molecule has 0 aliphatic carbocycles. The summed E-state index contributed by atoms with van der Waals surface area (Å²) in [7, 11) is 0. The summed E-state index contributed by atoms with van der Waals surface area (Å²) in [4.78, 5) is 28.4. The van der Waals surface area contributed by atoms with Gasteiger partial charge in [-0.25, -0.2) is 4.98 Å². The maximum Gasteiger partial charge on any atom is 0.314 e. The Kier molecular flexibility index (Phi) is 4.75. The van der Waals surface area contributed by atoms with E-state index in [1.807, 2.05) is 13.0 Å². The van der Waals surface area contributed by atoms with Crippen molar-refractivity contribution in [1.29, 1.82) is 0 Å². The van der Waals surface area contributed by atoms with Gasteiger partial charge in [-0.05, 0) is 59.6 Å². The second kappa shape index (κ2) is 6.28. The predicted octanol–water partition coefficient (Wildman–Crippen LogP) is 1.75. The number of piperidine rings is 1. The fraction of sp³-hybridized carbons (Fsp3) is 0.588. The van der Waals surface area contributed by atoms with Crippen LogP contribution in [0.5, 0.6) is 0 Å². The molecule has 6 heteroatoms. The number of anilines is 1. The van der Waals surface area contributed by atoms with E-state index >= 15 is 0 Å². The molecule has 0 unspecified atom stereocenters. The van der Waals surface area contributed by atoms with Crippen LogP contribution >= 0.6 is 0 Å². The van der Waals surface area contributed by atoms with E-state index in [2.05, 4.69) is 48.6 Å². The van der Waals surface area contributed by atoms with Crippen LogP contribution < -0.4 is 16.0 Å². The number of nitrogens with one attached hydrogen (secondary N) is 3. The summed E-state index contributed by atoms with van der Waals surface area (Å²) in [6, 6.07) is 5.24. The lowest BCUT2D eigenvalue weighted by molar-refractivity contribution is -0.137. The Labute approximate surface area is 137 Å². The number of hydrogen-bond donors (Lipinski definition) is 3. The van der Waals surface area contributed by atoms with Gasteiger partial charge in [-0.3, -0.25) is 9.59 Å². The molecule has 0 aromatic carbocycles.